The van der Waals surface area contributed by atoms with E-state index in [1.165, 1.54) is 16.5 Å². The van der Waals surface area contributed by atoms with Gasteiger partial charge in [0.15, 0.2) is 0 Å². The first kappa shape index (κ1) is 15.6. The lowest BCUT2D eigenvalue weighted by Gasteiger charge is -2.27. The van der Waals surface area contributed by atoms with Gasteiger partial charge in [-0.25, -0.2) is 0 Å². The number of benzene rings is 2. The number of H-pyrrole nitrogens is 1. The van der Waals surface area contributed by atoms with Crippen LogP contribution in [0.5, 0.6) is 5.75 Å². The minimum absolute atomic E-state index is 0.0366. The van der Waals surface area contributed by atoms with Gasteiger partial charge in [0, 0.05) is 29.2 Å². The molecule has 0 bridgehead atoms. The van der Waals surface area contributed by atoms with Crippen molar-refractivity contribution in [2.24, 2.45) is 0 Å². The standard InChI is InChI=1S/C20H24N2O/c1-20(2,16-7-5-4-6-8-16)22-12-11-15-14-21-19-10-9-17(23-3)13-18(15)19/h4-10,13-14,21-22H,11-12H2,1-3H3. The molecule has 0 fully saturated rings. The molecule has 0 aliphatic rings. The SMILES string of the molecule is COc1ccc2[nH]cc(CCNC(C)(C)c3ccccc3)c2c1. The fourth-order valence-electron chi connectivity index (χ4n) is 2.96. The second-order valence-corrected chi connectivity index (χ2v) is 6.39. The molecule has 0 saturated carbocycles. The Morgan fingerprint density at radius 3 is 2.61 bits per heavy atom. The van der Waals surface area contributed by atoms with Crippen molar-refractivity contribution >= 4 is 10.9 Å². The van der Waals surface area contributed by atoms with Crippen molar-refractivity contribution in [2.75, 3.05) is 13.7 Å². The van der Waals surface area contributed by atoms with Gasteiger partial charge >= 0.3 is 0 Å². The molecule has 1 aromatic heterocycles. The maximum absolute atomic E-state index is 5.33. The Balaban J connectivity index is 1.69. The van der Waals surface area contributed by atoms with Crippen molar-refractivity contribution in [1.29, 1.82) is 0 Å². The molecule has 0 unspecified atom stereocenters. The molecule has 3 nitrogen and oxygen atoms in total. The second kappa shape index (κ2) is 6.47. The zero-order valence-corrected chi connectivity index (χ0v) is 14.0. The fourth-order valence-corrected chi connectivity index (χ4v) is 2.96. The van der Waals surface area contributed by atoms with E-state index in [4.69, 9.17) is 4.74 Å². The van der Waals surface area contributed by atoms with E-state index in [9.17, 15) is 0 Å². The third kappa shape index (κ3) is 3.40. The molecule has 0 spiro atoms. The molecule has 2 N–H and O–H groups in total. The molecule has 0 radical (unpaired) electrons. The number of fused-ring (bicyclic) bond motifs is 1. The lowest BCUT2D eigenvalue weighted by atomic mass is 9.94. The minimum atomic E-state index is -0.0366. The molecule has 0 aliphatic heterocycles. The number of nitrogens with one attached hydrogen (secondary N) is 2. The molecule has 23 heavy (non-hydrogen) atoms. The molecule has 0 aliphatic carbocycles. The van der Waals surface area contributed by atoms with E-state index < -0.39 is 0 Å². The van der Waals surface area contributed by atoms with Crippen LogP contribution in [0.2, 0.25) is 0 Å². The van der Waals surface area contributed by atoms with Crippen molar-refractivity contribution in [2.45, 2.75) is 25.8 Å². The van der Waals surface area contributed by atoms with E-state index in [1.54, 1.807) is 7.11 Å². The third-order valence-corrected chi connectivity index (χ3v) is 4.43. The summed E-state index contributed by atoms with van der Waals surface area (Å²) in [6.07, 6.45) is 3.07. The Morgan fingerprint density at radius 1 is 1.09 bits per heavy atom. The third-order valence-electron chi connectivity index (χ3n) is 4.43. The largest absolute Gasteiger partial charge is 0.497 e. The number of hydrogen-bond acceptors (Lipinski definition) is 2. The average Bonchev–Trinajstić information content (AvgIpc) is 2.98. The van der Waals surface area contributed by atoms with Crippen LogP contribution in [0.4, 0.5) is 0 Å². The van der Waals surface area contributed by atoms with Gasteiger partial charge in [0.05, 0.1) is 7.11 Å². The van der Waals surface area contributed by atoms with Crippen LogP contribution in [0.1, 0.15) is 25.0 Å². The maximum Gasteiger partial charge on any atom is 0.119 e. The van der Waals surface area contributed by atoms with Crippen LogP contribution in [0.3, 0.4) is 0 Å². The Morgan fingerprint density at radius 2 is 1.87 bits per heavy atom. The molecule has 0 amide bonds. The molecular weight excluding hydrogens is 284 g/mol. The number of methoxy groups -OCH3 is 1. The Hall–Kier alpha value is -2.26. The lowest BCUT2D eigenvalue weighted by Crippen LogP contribution is -2.37. The van der Waals surface area contributed by atoms with Crippen LogP contribution in [0.25, 0.3) is 10.9 Å². The van der Waals surface area contributed by atoms with Gasteiger partial charge in [-0.1, -0.05) is 30.3 Å². The molecule has 3 aromatic rings. The first-order valence-electron chi connectivity index (χ1n) is 8.05. The van der Waals surface area contributed by atoms with E-state index in [1.807, 2.05) is 6.07 Å². The van der Waals surface area contributed by atoms with E-state index in [0.717, 1.165) is 24.2 Å². The first-order valence-corrected chi connectivity index (χ1v) is 8.05. The van der Waals surface area contributed by atoms with E-state index in [0.29, 0.717) is 0 Å². The zero-order valence-electron chi connectivity index (χ0n) is 14.0. The van der Waals surface area contributed by atoms with Gasteiger partial charge in [-0.05, 0) is 49.6 Å². The van der Waals surface area contributed by atoms with Crippen LogP contribution >= 0.6 is 0 Å². The molecule has 120 valence electrons. The number of hydrogen-bond donors (Lipinski definition) is 2. The van der Waals surface area contributed by atoms with Crippen molar-refractivity contribution in [1.82, 2.24) is 10.3 Å². The number of rotatable bonds is 6. The van der Waals surface area contributed by atoms with Gasteiger partial charge in [-0.2, -0.15) is 0 Å². The van der Waals surface area contributed by atoms with Crippen LogP contribution in [-0.2, 0) is 12.0 Å². The topological polar surface area (TPSA) is 37.0 Å². The first-order chi connectivity index (χ1) is 11.1. The highest BCUT2D eigenvalue weighted by atomic mass is 16.5. The van der Waals surface area contributed by atoms with Gasteiger partial charge in [0.1, 0.15) is 5.75 Å². The lowest BCUT2D eigenvalue weighted by molar-refractivity contribution is 0.407. The minimum Gasteiger partial charge on any atom is -0.497 e. The highest BCUT2D eigenvalue weighted by Gasteiger charge is 2.19. The Labute approximate surface area is 137 Å². The molecule has 3 heteroatoms. The summed E-state index contributed by atoms with van der Waals surface area (Å²) >= 11 is 0. The fraction of sp³-hybridized carbons (Fsp3) is 0.300. The predicted molar refractivity (Wildman–Crippen MR) is 96.0 cm³/mol. The second-order valence-electron chi connectivity index (χ2n) is 6.39. The average molecular weight is 308 g/mol. The zero-order chi connectivity index (χ0) is 16.3. The van der Waals surface area contributed by atoms with Crippen molar-refractivity contribution in [3.8, 4) is 5.75 Å². The normalized spacial score (nSPS) is 11.8. The van der Waals surface area contributed by atoms with E-state index >= 15 is 0 Å². The van der Waals surface area contributed by atoms with Crippen LogP contribution < -0.4 is 10.1 Å². The molecule has 0 saturated heterocycles. The smallest absolute Gasteiger partial charge is 0.119 e. The molecule has 1 heterocycles. The summed E-state index contributed by atoms with van der Waals surface area (Å²) in [5.74, 6) is 0.899. The number of aromatic amines is 1. The summed E-state index contributed by atoms with van der Waals surface area (Å²) in [5, 5.41) is 4.90. The summed E-state index contributed by atoms with van der Waals surface area (Å²) < 4.78 is 5.33. The van der Waals surface area contributed by atoms with Gasteiger partial charge in [0.2, 0.25) is 0 Å². The number of aromatic nitrogens is 1. The van der Waals surface area contributed by atoms with Crippen molar-refractivity contribution in [3.63, 3.8) is 0 Å². The van der Waals surface area contributed by atoms with Gasteiger partial charge in [-0.15, -0.1) is 0 Å². The molecular formula is C20H24N2O. The summed E-state index contributed by atoms with van der Waals surface area (Å²) in [7, 11) is 1.71. The Bertz CT molecular complexity index is 775. The van der Waals surface area contributed by atoms with Gasteiger partial charge in [0.25, 0.3) is 0 Å². The highest BCUT2D eigenvalue weighted by Crippen LogP contribution is 2.24. The van der Waals surface area contributed by atoms with E-state index in [-0.39, 0.29) is 5.54 Å². The highest BCUT2D eigenvalue weighted by molar-refractivity contribution is 5.84. The van der Waals surface area contributed by atoms with Gasteiger partial charge in [-0.3, -0.25) is 0 Å². The van der Waals surface area contributed by atoms with Crippen molar-refractivity contribution in [3.05, 3.63) is 65.9 Å². The molecule has 2 aromatic carbocycles. The summed E-state index contributed by atoms with van der Waals surface area (Å²) in [5.41, 5.74) is 3.74. The Kier molecular flexibility index (Phi) is 4.39. The van der Waals surface area contributed by atoms with Gasteiger partial charge < -0.3 is 15.0 Å². The quantitative estimate of drug-likeness (QED) is 0.714. The number of ether oxygens (including phenoxy) is 1. The van der Waals surface area contributed by atoms with Crippen LogP contribution in [-0.4, -0.2) is 18.6 Å². The predicted octanol–water partition coefficient (Wildman–Crippen LogP) is 4.24. The van der Waals surface area contributed by atoms with E-state index in [2.05, 4.69) is 72.8 Å². The summed E-state index contributed by atoms with van der Waals surface area (Å²) in [4.78, 5) is 3.34. The van der Waals surface area contributed by atoms with Crippen molar-refractivity contribution < 1.29 is 4.74 Å². The maximum atomic E-state index is 5.33. The van der Waals surface area contributed by atoms with Crippen LogP contribution in [0, 0.1) is 0 Å². The molecule has 3 rings (SSSR count). The van der Waals surface area contributed by atoms with Crippen LogP contribution in [0.15, 0.2) is 54.7 Å². The molecule has 0 atom stereocenters. The summed E-state index contributed by atoms with van der Waals surface area (Å²) in [6, 6.07) is 16.7. The monoisotopic (exact) mass is 308 g/mol. The summed E-state index contributed by atoms with van der Waals surface area (Å²) in [6.45, 7) is 5.37.